The smallest absolute Gasteiger partial charge is 0.191 e. The minimum atomic E-state index is -0.182. The fourth-order valence-electron chi connectivity index (χ4n) is 4.13. The van der Waals surface area contributed by atoms with E-state index in [9.17, 15) is 4.39 Å². The van der Waals surface area contributed by atoms with Crippen molar-refractivity contribution in [2.75, 3.05) is 13.6 Å². The summed E-state index contributed by atoms with van der Waals surface area (Å²) in [5.41, 5.74) is 4.86. The predicted molar refractivity (Wildman–Crippen MR) is 112 cm³/mol. The molecule has 1 heterocycles. The van der Waals surface area contributed by atoms with Crippen molar-refractivity contribution in [2.45, 2.75) is 57.9 Å². The van der Waals surface area contributed by atoms with E-state index in [2.05, 4.69) is 41.5 Å². The van der Waals surface area contributed by atoms with E-state index in [1.165, 1.54) is 23.2 Å². The first-order valence-electron chi connectivity index (χ1n) is 10.1. The van der Waals surface area contributed by atoms with Gasteiger partial charge in [-0.1, -0.05) is 18.6 Å². The molecule has 1 aliphatic rings. The lowest BCUT2D eigenvalue weighted by atomic mass is 9.64. The van der Waals surface area contributed by atoms with Crippen molar-refractivity contribution in [2.24, 2.45) is 12.0 Å². The molecule has 0 radical (unpaired) electrons. The van der Waals surface area contributed by atoms with E-state index in [0.29, 0.717) is 0 Å². The first-order valence-corrected chi connectivity index (χ1v) is 10.1. The second-order valence-corrected chi connectivity index (χ2v) is 8.09. The lowest BCUT2D eigenvalue weighted by Gasteiger charge is -2.43. The molecule has 5 nitrogen and oxygen atoms in total. The number of halogens is 1. The molecule has 1 saturated carbocycles. The van der Waals surface area contributed by atoms with Gasteiger partial charge in [-0.2, -0.15) is 5.10 Å². The van der Waals surface area contributed by atoms with E-state index >= 15 is 0 Å². The second-order valence-electron chi connectivity index (χ2n) is 8.09. The molecule has 1 unspecified atom stereocenters. The van der Waals surface area contributed by atoms with Crippen molar-refractivity contribution >= 4 is 5.96 Å². The molecule has 2 aromatic rings. The molecule has 152 valence electrons. The number of aliphatic imine (C=N–C) groups is 1. The van der Waals surface area contributed by atoms with Crippen LogP contribution in [0, 0.1) is 19.7 Å². The zero-order valence-electron chi connectivity index (χ0n) is 17.6. The van der Waals surface area contributed by atoms with Crippen molar-refractivity contribution in [1.82, 2.24) is 20.4 Å². The van der Waals surface area contributed by atoms with Gasteiger partial charge in [0.15, 0.2) is 5.96 Å². The highest BCUT2D eigenvalue weighted by molar-refractivity contribution is 5.80. The Morgan fingerprint density at radius 3 is 2.46 bits per heavy atom. The summed E-state index contributed by atoms with van der Waals surface area (Å²) in [4.78, 5) is 4.40. The second kappa shape index (κ2) is 8.33. The highest BCUT2D eigenvalue weighted by Crippen LogP contribution is 2.43. The molecule has 0 aliphatic heterocycles. The number of hydrogen-bond donors (Lipinski definition) is 2. The maximum absolute atomic E-state index is 13.3. The van der Waals surface area contributed by atoms with Crippen molar-refractivity contribution in [1.29, 1.82) is 0 Å². The Kier molecular flexibility index (Phi) is 6.06. The average molecular weight is 386 g/mol. The van der Waals surface area contributed by atoms with Gasteiger partial charge in [0.25, 0.3) is 0 Å². The van der Waals surface area contributed by atoms with Crippen LogP contribution >= 0.6 is 0 Å². The Bertz CT molecular complexity index is 833. The molecule has 2 N–H and O–H groups in total. The summed E-state index contributed by atoms with van der Waals surface area (Å²) >= 11 is 0. The minimum absolute atomic E-state index is 0.0745. The molecular weight excluding hydrogens is 353 g/mol. The molecule has 0 spiro atoms. The number of aromatic nitrogens is 2. The van der Waals surface area contributed by atoms with Crippen LogP contribution in [0.2, 0.25) is 0 Å². The van der Waals surface area contributed by atoms with Crippen LogP contribution in [0.3, 0.4) is 0 Å². The van der Waals surface area contributed by atoms with E-state index in [0.717, 1.165) is 37.5 Å². The third kappa shape index (κ3) is 4.21. The zero-order valence-corrected chi connectivity index (χ0v) is 17.6. The maximum Gasteiger partial charge on any atom is 0.191 e. The van der Waals surface area contributed by atoms with E-state index in [1.54, 1.807) is 19.2 Å². The van der Waals surface area contributed by atoms with Gasteiger partial charge in [0, 0.05) is 37.8 Å². The molecule has 0 amide bonds. The molecule has 3 rings (SSSR count). The monoisotopic (exact) mass is 385 g/mol. The standard InChI is InChI=1S/C22H32FN5/c1-15(13-20-16(2)27-28(5)17(20)3)26-21(24-4)25-14-22(11-6-12-22)18-7-9-19(23)10-8-18/h7-10,15H,6,11-14H2,1-5H3,(H2,24,25,26). The number of nitrogens with zero attached hydrogens (tertiary/aromatic N) is 3. The van der Waals surface area contributed by atoms with Crippen LogP contribution in [0.1, 0.15) is 48.7 Å². The third-order valence-corrected chi connectivity index (χ3v) is 6.14. The zero-order chi connectivity index (χ0) is 20.3. The van der Waals surface area contributed by atoms with Crippen molar-refractivity contribution in [3.05, 3.63) is 52.6 Å². The third-order valence-electron chi connectivity index (χ3n) is 6.14. The average Bonchev–Trinajstić information content (AvgIpc) is 2.87. The van der Waals surface area contributed by atoms with E-state index in [-0.39, 0.29) is 17.3 Å². The molecular formula is C22H32FN5. The SMILES string of the molecule is CN=C(NCC1(c2ccc(F)cc2)CCC1)NC(C)Cc1c(C)nn(C)c1C. The van der Waals surface area contributed by atoms with Crippen molar-refractivity contribution in [3.8, 4) is 0 Å². The van der Waals surface area contributed by atoms with Crippen LogP contribution in [-0.4, -0.2) is 35.4 Å². The van der Waals surface area contributed by atoms with Gasteiger partial charge in [0.1, 0.15) is 5.82 Å². The van der Waals surface area contributed by atoms with Gasteiger partial charge in [-0.05, 0) is 63.3 Å². The maximum atomic E-state index is 13.3. The van der Waals surface area contributed by atoms with Gasteiger partial charge in [-0.15, -0.1) is 0 Å². The highest BCUT2D eigenvalue weighted by Gasteiger charge is 2.38. The van der Waals surface area contributed by atoms with Crippen LogP contribution in [0.25, 0.3) is 0 Å². The molecule has 1 aromatic heterocycles. The Morgan fingerprint density at radius 2 is 1.96 bits per heavy atom. The lowest BCUT2D eigenvalue weighted by molar-refractivity contribution is 0.243. The van der Waals surface area contributed by atoms with Gasteiger partial charge in [-0.25, -0.2) is 4.39 Å². The van der Waals surface area contributed by atoms with Gasteiger partial charge in [-0.3, -0.25) is 9.67 Å². The van der Waals surface area contributed by atoms with Crippen LogP contribution in [-0.2, 0) is 18.9 Å². The van der Waals surface area contributed by atoms with Gasteiger partial charge in [0.2, 0.25) is 0 Å². The molecule has 1 aromatic carbocycles. The number of guanidine groups is 1. The molecule has 0 saturated heterocycles. The van der Waals surface area contributed by atoms with Crippen LogP contribution in [0.15, 0.2) is 29.3 Å². The quantitative estimate of drug-likeness (QED) is 0.592. The molecule has 1 fully saturated rings. The van der Waals surface area contributed by atoms with Crippen molar-refractivity contribution < 1.29 is 4.39 Å². The van der Waals surface area contributed by atoms with Crippen LogP contribution < -0.4 is 10.6 Å². The summed E-state index contributed by atoms with van der Waals surface area (Å²) in [6.45, 7) is 7.14. The Hall–Kier alpha value is -2.37. The molecule has 28 heavy (non-hydrogen) atoms. The fraction of sp³-hybridized carbons (Fsp3) is 0.545. The van der Waals surface area contributed by atoms with Crippen LogP contribution in [0.4, 0.5) is 4.39 Å². The normalized spacial score (nSPS) is 17.1. The first-order chi connectivity index (χ1) is 13.3. The number of aryl methyl sites for hydroxylation is 2. The Balaban J connectivity index is 1.60. The number of rotatable bonds is 6. The van der Waals surface area contributed by atoms with Crippen LogP contribution in [0.5, 0.6) is 0 Å². The number of hydrogen-bond acceptors (Lipinski definition) is 2. The van der Waals surface area contributed by atoms with E-state index < -0.39 is 0 Å². The summed E-state index contributed by atoms with van der Waals surface area (Å²) in [7, 11) is 3.78. The topological polar surface area (TPSA) is 54.2 Å². The van der Waals surface area contributed by atoms with E-state index in [1.807, 2.05) is 23.9 Å². The Labute approximate surface area is 167 Å². The summed E-state index contributed by atoms with van der Waals surface area (Å²) in [5, 5.41) is 11.5. The fourth-order valence-corrected chi connectivity index (χ4v) is 4.13. The van der Waals surface area contributed by atoms with E-state index in [4.69, 9.17) is 0 Å². The molecule has 6 heteroatoms. The minimum Gasteiger partial charge on any atom is -0.356 e. The number of nitrogens with one attached hydrogen (secondary N) is 2. The lowest BCUT2D eigenvalue weighted by Crippen LogP contribution is -2.50. The predicted octanol–water partition coefficient (Wildman–Crippen LogP) is 3.39. The summed E-state index contributed by atoms with van der Waals surface area (Å²) in [5.74, 6) is 0.624. The largest absolute Gasteiger partial charge is 0.356 e. The highest BCUT2D eigenvalue weighted by atomic mass is 19.1. The first kappa shape index (κ1) is 20.4. The molecule has 1 atom stereocenters. The van der Waals surface area contributed by atoms with Gasteiger partial charge >= 0.3 is 0 Å². The van der Waals surface area contributed by atoms with Gasteiger partial charge < -0.3 is 10.6 Å². The summed E-state index contributed by atoms with van der Waals surface area (Å²) in [6, 6.07) is 7.19. The summed E-state index contributed by atoms with van der Waals surface area (Å²) < 4.78 is 15.2. The number of benzene rings is 1. The van der Waals surface area contributed by atoms with Gasteiger partial charge in [0.05, 0.1) is 5.69 Å². The summed E-state index contributed by atoms with van der Waals surface area (Å²) in [6.07, 6.45) is 4.34. The molecule has 0 bridgehead atoms. The van der Waals surface area contributed by atoms with Crippen molar-refractivity contribution in [3.63, 3.8) is 0 Å². The molecule has 1 aliphatic carbocycles. The Morgan fingerprint density at radius 1 is 1.29 bits per heavy atom.